The van der Waals surface area contributed by atoms with Crippen molar-refractivity contribution >= 4 is 6.03 Å². The third-order valence-electron chi connectivity index (χ3n) is 3.54. The molecule has 0 bridgehead atoms. The molecule has 1 heterocycles. The molecule has 1 fully saturated rings. The van der Waals surface area contributed by atoms with Gasteiger partial charge >= 0.3 is 6.03 Å². The summed E-state index contributed by atoms with van der Waals surface area (Å²) in [6.07, 6.45) is 1.12. The molecule has 1 aromatic carbocycles. The van der Waals surface area contributed by atoms with Gasteiger partial charge in [0.1, 0.15) is 0 Å². The van der Waals surface area contributed by atoms with Crippen molar-refractivity contribution in [2.24, 2.45) is 0 Å². The molecule has 1 saturated heterocycles. The molecule has 0 aliphatic carbocycles. The van der Waals surface area contributed by atoms with Gasteiger partial charge in [-0.2, -0.15) is 0 Å². The van der Waals surface area contributed by atoms with Gasteiger partial charge in [-0.1, -0.05) is 29.8 Å². The first-order valence-electron chi connectivity index (χ1n) is 6.95. The molecule has 5 nitrogen and oxygen atoms in total. The van der Waals surface area contributed by atoms with E-state index >= 15 is 0 Å². The molecule has 0 unspecified atom stereocenters. The van der Waals surface area contributed by atoms with Gasteiger partial charge in [0.2, 0.25) is 0 Å². The van der Waals surface area contributed by atoms with Crippen molar-refractivity contribution in [2.45, 2.75) is 31.9 Å². The molecule has 0 aromatic heterocycles. The van der Waals surface area contributed by atoms with Crippen molar-refractivity contribution < 1.29 is 14.6 Å². The van der Waals surface area contributed by atoms with Crippen LogP contribution < -0.4 is 10.6 Å². The minimum Gasteiger partial charge on any atom is -0.388 e. The Bertz CT molecular complexity index is 456. The zero-order valence-corrected chi connectivity index (χ0v) is 11.8. The third kappa shape index (κ3) is 4.51. The van der Waals surface area contributed by atoms with Crippen LogP contribution in [0.3, 0.4) is 0 Å². The lowest BCUT2D eigenvalue weighted by molar-refractivity contribution is -0.0600. The van der Waals surface area contributed by atoms with E-state index in [0.717, 1.165) is 5.56 Å². The number of ether oxygens (including phenoxy) is 1. The van der Waals surface area contributed by atoms with Crippen LogP contribution in [-0.2, 0) is 11.3 Å². The predicted molar refractivity (Wildman–Crippen MR) is 76.4 cm³/mol. The topological polar surface area (TPSA) is 70.6 Å². The molecule has 0 spiro atoms. The highest BCUT2D eigenvalue weighted by molar-refractivity contribution is 5.73. The van der Waals surface area contributed by atoms with E-state index in [2.05, 4.69) is 10.6 Å². The van der Waals surface area contributed by atoms with E-state index in [0.29, 0.717) is 32.6 Å². The van der Waals surface area contributed by atoms with Crippen molar-refractivity contribution in [3.8, 4) is 0 Å². The van der Waals surface area contributed by atoms with Crippen LogP contribution in [0.25, 0.3) is 0 Å². The lowest BCUT2D eigenvalue weighted by atomic mass is 9.94. The van der Waals surface area contributed by atoms with E-state index in [9.17, 15) is 9.90 Å². The van der Waals surface area contributed by atoms with Crippen LogP contribution in [0.1, 0.15) is 24.0 Å². The molecule has 1 aliphatic heterocycles. The van der Waals surface area contributed by atoms with Crippen LogP contribution in [0.15, 0.2) is 24.3 Å². The molecule has 1 aromatic rings. The van der Waals surface area contributed by atoms with Gasteiger partial charge in [0, 0.05) is 39.1 Å². The molecule has 3 N–H and O–H groups in total. The first kappa shape index (κ1) is 14.8. The van der Waals surface area contributed by atoms with Gasteiger partial charge in [0.05, 0.1) is 5.60 Å². The number of aryl methyl sites for hydroxylation is 1. The lowest BCUT2D eigenvalue weighted by Gasteiger charge is -2.32. The standard InChI is InChI=1S/C15H22N2O3/c1-12-3-2-4-13(9-12)10-16-14(18)17-11-15(19)5-7-20-8-6-15/h2-4,9,19H,5-8,10-11H2,1H3,(H2,16,17,18). The molecule has 0 radical (unpaired) electrons. The van der Waals surface area contributed by atoms with Gasteiger partial charge < -0.3 is 20.5 Å². The fraction of sp³-hybridized carbons (Fsp3) is 0.533. The largest absolute Gasteiger partial charge is 0.388 e. The van der Waals surface area contributed by atoms with Crippen LogP contribution in [0.4, 0.5) is 4.79 Å². The molecular weight excluding hydrogens is 256 g/mol. The summed E-state index contributed by atoms with van der Waals surface area (Å²) in [6.45, 7) is 3.85. The Hall–Kier alpha value is -1.59. The van der Waals surface area contributed by atoms with E-state index in [-0.39, 0.29) is 12.6 Å². The minimum atomic E-state index is -0.834. The van der Waals surface area contributed by atoms with Gasteiger partial charge in [-0.15, -0.1) is 0 Å². The second-order valence-electron chi connectivity index (χ2n) is 5.36. The number of amides is 2. The number of urea groups is 1. The number of hydrogen-bond donors (Lipinski definition) is 3. The highest BCUT2D eigenvalue weighted by Crippen LogP contribution is 2.19. The second-order valence-corrected chi connectivity index (χ2v) is 5.36. The fourth-order valence-electron chi connectivity index (χ4n) is 2.24. The van der Waals surface area contributed by atoms with Crippen LogP contribution in [0, 0.1) is 6.92 Å². The first-order valence-corrected chi connectivity index (χ1v) is 6.95. The summed E-state index contributed by atoms with van der Waals surface area (Å²) in [5, 5.41) is 15.7. The van der Waals surface area contributed by atoms with Crippen LogP contribution in [0.5, 0.6) is 0 Å². The Morgan fingerprint density at radius 3 is 2.80 bits per heavy atom. The average molecular weight is 278 g/mol. The number of benzene rings is 1. The molecule has 110 valence electrons. The van der Waals surface area contributed by atoms with E-state index in [1.807, 2.05) is 31.2 Å². The SMILES string of the molecule is Cc1cccc(CNC(=O)NCC2(O)CCOCC2)c1. The van der Waals surface area contributed by atoms with Gasteiger partial charge in [-0.05, 0) is 12.5 Å². The third-order valence-corrected chi connectivity index (χ3v) is 3.54. The summed E-state index contributed by atoms with van der Waals surface area (Å²) in [4.78, 5) is 11.7. The molecule has 2 rings (SSSR count). The Morgan fingerprint density at radius 2 is 2.10 bits per heavy atom. The van der Waals surface area contributed by atoms with Gasteiger partial charge in [0.15, 0.2) is 0 Å². The number of carbonyl (C=O) groups is 1. The zero-order valence-electron chi connectivity index (χ0n) is 11.8. The Kier molecular flexibility index (Phi) is 4.98. The number of aliphatic hydroxyl groups is 1. The Balaban J connectivity index is 1.72. The molecule has 0 saturated carbocycles. The minimum absolute atomic E-state index is 0.258. The molecule has 2 amide bonds. The molecule has 1 aliphatic rings. The van der Waals surface area contributed by atoms with Crippen LogP contribution >= 0.6 is 0 Å². The van der Waals surface area contributed by atoms with E-state index < -0.39 is 5.60 Å². The highest BCUT2D eigenvalue weighted by atomic mass is 16.5. The number of rotatable bonds is 4. The van der Waals surface area contributed by atoms with Gasteiger partial charge in [-0.25, -0.2) is 4.79 Å². The smallest absolute Gasteiger partial charge is 0.315 e. The van der Waals surface area contributed by atoms with Crippen molar-refractivity contribution in [1.82, 2.24) is 10.6 Å². The maximum Gasteiger partial charge on any atom is 0.315 e. The first-order chi connectivity index (χ1) is 9.57. The molecule has 0 atom stereocenters. The van der Waals surface area contributed by atoms with E-state index in [1.54, 1.807) is 0 Å². The monoisotopic (exact) mass is 278 g/mol. The zero-order chi connectivity index (χ0) is 14.4. The van der Waals surface area contributed by atoms with E-state index in [1.165, 1.54) is 5.56 Å². The molecule has 20 heavy (non-hydrogen) atoms. The normalized spacial score (nSPS) is 17.5. The predicted octanol–water partition coefficient (Wildman–Crippen LogP) is 1.34. The maximum atomic E-state index is 11.7. The Labute approximate surface area is 119 Å². The number of hydrogen-bond acceptors (Lipinski definition) is 3. The van der Waals surface area contributed by atoms with Crippen molar-refractivity contribution in [3.63, 3.8) is 0 Å². The summed E-state index contributed by atoms with van der Waals surface area (Å²) in [5.74, 6) is 0. The summed E-state index contributed by atoms with van der Waals surface area (Å²) < 4.78 is 5.20. The van der Waals surface area contributed by atoms with Crippen molar-refractivity contribution in [1.29, 1.82) is 0 Å². The average Bonchev–Trinajstić information content (AvgIpc) is 2.44. The summed E-state index contributed by atoms with van der Waals surface area (Å²) in [6, 6.07) is 7.73. The van der Waals surface area contributed by atoms with Crippen molar-refractivity contribution in [3.05, 3.63) is 35.4 Å². The summed E-state index contributed by atoms with van der Waals surface area (Å²) in [7, 11) is 0. The Morgan fingerprint density at radius 1 is 1.35 bits per heavy atom. The second kappa shape index (κ2) is 6.72. The van der Waals surface area contributed by atoms with Gasteiger partial charge in [0.25, 0.3) is 0 Å². The summed E-state index contributed by atoms with van der Waals surface area (Å²) in [5.41, 5.74) is 1.39. The van der Waals surface area contributed by atoms with Crippen molar-refractivity contribution in [2.75, 3.05) is 19.8 Å². The maximum absolute atomic E-state index is 11.7. The van der Waals surface area contributed by atoms with Crippen LogP contribution in [-0.4, -0.2) is 36.5 Å². The van der Waals surface area contributed by atoms with Crippen LogP contribution in [0.2, 0.25) is 0 Å². The molecule has 5 heteroatoms. The summed E-state index contributed by atoms with van der Waals surface area (Å²) >= 11 is 0. The fourth-order valence-corrected chi connectivity index (χ4v) is 2.24. The number of nitrogens with one attached hydrogen (secondary N) is 2. The van der Waals surface area contributed by atoms with Gasteiger partial charge in [-0.3, -0.25) is 0 Å². The number of carbonyl (C=O) groups excluding carboxylic acids is 1. The highest BCUT2D eigenvalue weighted by Gasteiger charge is 2.29. The van der Waals surface area contributed by atoms with E-state index in [4.69, 9.17) is 4.74 Å². The quantitative estimate of drug-likeness (QED) is 0.778. The molecular formula is C15H22N2O3. The lowest BCUT2D eigenvalue weighted by Crippen LogP contribution is -2.48.